The minimum absolute atomic E-state index is 0.0433. The van der Waals surface area contributed by atoms with Crippen molar-refractivity contribution in [2.45, 2.75) is 38.1 Å². The van der Waals surface area contributed by atoms with Crippen molar-refractivity contribution in [3.8, 4) is 0 Å². The highest BCUT2D eigenvalue weighted by Gasteiger charge is 2.20. The van der Waals surface area contributed by atoms with E-state index in [-0.39, 0.29) is 16.8 Å². The molecule has 0 spiro atoms. The van der Waals surface area contributed by atoms with Crippen LogP contribution in [0.1, 0.15) is 47.8 Å². The van der Waals surface area contributed by atoms with Gasteiger partial charge in [0.15, 0.2) is 0 Å². The van der Waals surface area contributed by atoms with Crippen LogP contribution in [0.3, 0.4) is 0 Å². The summed E-state index contributed by atoms with van der Waals surface area (Å²) in [5.74, 6) is 0.0813. The average molecular weight is 437 g/mol. The maximum absolute atomic E-state index is 13.0. The number of rotatable bonds is 8. The van der Waals surface area contributed by atoms with Crippen LogP contribution in [0.5, 0.6) is 0 Å². The first kappa shape index (κ1) is 22.6. The number of amides is 1. The van der Waals surface area contributed by atoms with Gasteiger partial charge in [0.05, 0.1) is 10.9 Å². The molecular weight excluding hydrogens is 408 g/mol. The van der Waals surface area contributed by atoms with Crippen molar-refractivity contribution in [3.63, 3.8) is 0 Å². The molecule has 0 bridgehead atoms. The normalized spacial score (nSPS) is 12.4. The van der Waals surface area contributed by atoms with E-state index in [0.29, 0.717) is 17.2 Å². The number of nitrogens with one attached hydrogen (secondary N) is 2. The molecule has 3 rings (SSSR count). The summed E-state index contributed by atoms with van der Waals surface area (Å²) in [6, 6.07) is 22.9. The third-order valence-electron chi connectivity index (χ3n) is 4.89. The van der Waals surface area contributed by atoms with Crippen LogP contribution in [0.25, 0.3) is 0 Å². The van der Waals surface area contributed by atoms with E-state index < -0.39 is 10.0 Å². The lowest BCUT2D eigenvalue weighted by molar-refractivity contribution is 0.0931. The van der Waals surface area contributed by atoms with E-state index in [1.165, 1.54) is 12.1 Å². The van der Waals surface area contributed by atoms with E-state index in [4.69, 9.17) is 0 Å². The van der Waals surface area contributed by atoms with Crippen LogP contribution in [0.4, 0.5) is 5.69 Å². The van der Waals surface area contributed by atoms with Gasteiger partial charge in [-0.25, -0.2) is 8.42 Å². The molecule has 5 nitrogen and oxygen atoms in total. The summed E-state index contributed by atoms with van der Waals surface area (Å²) in [4.78, 5) is 13.0. The van der Waals surface area contributed by atoms with Gasteiger partial charge in [0.2, 0.25) is 0 Å². The number of carbonyl (C=O) groups is 1. The van der Waals surface area contributed by atoms with Crippen molar-refractivity contribution in [2.24, 2.45) is 5.92 Å². The van der Waals surface area contributed by atoms with E-state index >= 15 is 0 Å². The van der Waals surface area contributed by atoms with Gasteiger partial charge in [0.25, 0.3) is 15.9 Å². The smallest absolute Gasteiger partial charge is 0.261 e. The SMILES string of the molecule is Cc1cccc(NS(=O)(=O)c2cccc(C(=O)NC(CC(C)C)c3ccccc3)c2)c1. The van der Waals surface area contributed by atoms with Gasteiger partial charge >= 0.3 is 0 Å². The van der Waals surface area contributed by atoms with Crippen LogP contribution in [-0.2, 0) is 10.0 Å². The van der Waals surface area contributed by atoms with Crippen molar-refractivity contribution in [1.29, 1.82) is 0 Å². The lowest BCUT2D eigenvalue weighted by atomic mass is 9.96. The Balaban J connectivity index is 1.81. The molecule has 0 aliphatic carbocycles. The predicted molar refractivity (Wildman–Crippen MR) is 125 cm³/mol. The molecule has 0 saturated carbocycles. The van der Waals surface area contributed by atoms with E-state index in [1.54, 1.807) is 30.3 Å². The molecule has 3 aromatic rings. The highest BCUT2D eigenvalue weighted by atomic mass is 32.2. The van der Waals surface area contributed by atoms with Gasteiger partial charge in [-0.1, -0.05) is 62.4 Å². The first-order valence-electron chi connectivity index (χ1n) is 10.3. The average Bonchev–Trinajstić information content (AvgIpc) is 2.73. The molecule has 6 heteroatoms. The molecule has 0 saturated heterocycles. The van der Waals surface area contributed by atoms with Crippen molar-refractivity contribution >= 4 is 21.6 Å². The van der Waals surface area contributed by atoms with E-state index in [1.807, 2.05) is 43.3 Å². The maximum atomic E-state index is 13.0. The minimum atomic E-state index is -3.82. The van der Waals surface area contributed by atoms with E-state index in [2.05, 4.69) is 23.9 Å². The molecule has 1 amide bonds. The number of anilines is 1. The quantitative estimate of drug-likeness (QED) is 0.502. The lowest BCUT2D eigenvalue weighted by Crippen LogP contribution is -2.29. The number of benzene rings is 3. The molecule has 1 atom stereocenters. The number of aryl methyl sites for hydroxylation is 1. The Morgan fingerprint density at radius 1 is 0.903 bits per heavy atom. The Kier molecular flexibility index (Phi) is 7.13. The molecule has 3 aromatic carbocycles. The number of hydrogen-bond acceptors (Lipinski definition) is 3. The number of sulfonamides is 1. The summed E-state index contributed by atoms with van der Waals surface area (Å²) in [5, 5.41) is 3.06. The fourth-order valence-electron chi connectivity index (χ4n) is 3.40. The van der Waals surface area contributed by atoms with Gasteiger partial charge in [-0.3, -0.25) is 9.52 Å². The van der Waals surface area contributed by atoms with Gasteiger partial charge in [0.1, 0.15) is 0 Å². The van der Waals surface area contributed by atoms with Gasteiger partial charge in [-0.2, -0.15) is 0 Å². The fraction of sp³-hybridized carbons (Fsp3) is 0.240. The first-order valence-corrected chi connectivity index (χ1v) is 11.8. The van der Waals surface area contributed by atoms with Crippen LogP contribution in [-0.4, -0.2) is 14.3 Å². The largest absolute Gasteiger partial charge is 0.345 e. The fourth-order valence-corrected chi connectivity index (χ4v) is 4.50. The molecule has 0 heterocycles. The highest BCUT2D eigenvalue weighted by molar-refractivity contribution is 7.92. The zero-order chi connectivity index (χ0) is 22.4. The van der Waals surface area contributed by atoms with Crippen molar-refractivity contribution in [2.75, 3.05) is 4.72 Å². The Bertz CT molecular complexity index is 1140. The van der Waals surface area contributed by atoms with Crippen LogP contribution in [0.15, 0.2) is 83.8 Å². The Morgan fingerprint density at radius 3 is 2.29 bits per heavy atom. The Labute approximate surface area is 184 Å². The van der Waals surface area contributed by atoms with Gasteiger partial charge < -0.3 is 5.32 Å². The predicted octanol–water partition coefficient (Wildman–Crippen LogP) is 5.31. The molecule has 0 aromatic heterocycles. The van der Waals surface area contributed by atoms with Gasteiger partial charge in [0, 0.05) is 11.3 Å². The highest BCUT2D eigenvalue weighted by Crippen LogP contribution is 2.23. The molecule has 0 radical (unpaired) electrons. The molecular formula is C25H28N2O3S. The summed E-state index contributed by atoms with van der Waals surface area (Å²) in [7, 11) is -3.82. The monoisotopic (exact) mass is 436 g/mol. The second kappa shape index (κ2) is 9.79. The zero-order valence-corrected chi connectivity index (χ0v) is 18.8. The number of carbonyl (C=O) groups excluding carboxylic acids is 1. The Morgan fingerprint density at radius 2 is 1.61 bits per heavy atom. The molecule has 2 N–H and O–H groups in total. The van der Waals surface area contributed by atoms with Gasteiger partial charge in [-0.05, 0) is 60.7 Å². The zero-order valence-electron chi connectivity index (χ0n) is 18.0. The number of hydrogen-bond donors (Lipinski definition) is 2. The molecule has 31 heavy (non-hydrogen) atoms. The summed E-state index contributed by atoms with van der Waals surface area (Å²) in [6.07, 6.45) is 0.780. The maximum Gasteiger partial charge on any atom is 0.261 e. The third-order valence-corrected chi connectivity index (χ3v) is 6.27. The summed E-state index contributed by atoms with van der Waals surface area (Å²) < 4.78 is 28.2. The lowest BCUT2D eigenvalue weighted by Gasteiger charge is -2.21. The molecule has 162 valence electrons. The van der Waals surface area contributed by atoms with Crippen LogP contribution in [0.2, 0.25) is 0 Å². The summed E-state index contributed by atoms with van der Waals surface area (Å²) >= 11 is 0. The standard InChI is InChI=1S/C25H28N2O3S/c1-18(2)15-24(20-10-5-4-6-11-20)26-25(28)21-12-8-14-23(17-21)31(29,30)27-22-13-7-9-19(3)16-22/h4-14,16-18,24,27H,15H2,1-3H3,(H,26,28). The summed E-state index contributed by atoms with van der Waals surface area (Å²) in [5.41, 5.74) is 2.76. The molecule has 0 aliphatic heterocycles. The first-order chi connectivity index (χ1) is 14.7. The van der Waals surface area contributed by atoms with Crippen LogP contribution < -0.4 is 10.0 Å². The van der Waals surface area contributed by atoms with E-state index in [9.17, 15) is 13.2 Å². The molecule has 0 fully saturated rings. The Hall–Kier alpha value is -3.12. The van der Waals surface area contributed by atoms with Gasteiger partial charge in [-0.15, -0.1) is 0 Å². The molecule has 1 unspecified atom stereocenters. The van der Waals surface area contributed by atoms with Crippen LogP contribution >= 0.6 is 0 Å². The van der Waals surface area contributed by atoms with E-state index in [0.717, 1.165) is 17.5 Å². The van der Waals surface area contributed by atoms with Crippen LogP contribution in [0, 0.1) is 12.8 Å². The van der Waals surface area contributed by atoms with Crippen molar-refractivity contribution in [1.82, 2.24) is 5.32 Å². The second-order valence-electron chi connectivity index (χ2n) is 8.07. The van der Waals surface area contributed by atoms with Crippen molar-refractivity contribution in [3.05, 3.63) is 95.6 Å². The van der Waals surface area contributed by atoms with Crippen molar-refractivity contribution < 1.29 is 13.2 Å². The minimum Gasteiger partial charge on any atom is -0.345 e. The summed E-state index contributed by atoms with van der Waals surface area (Å²) in [6.45, 7) is 6.10. The second-order valence-corrected chi connectivity index (χ2v) is 9.75. The topological polar surface area (TPSA) is 75.3 Å². The third kappa shape index (κ3) is 6.18. The molecule has 0 aliphatic rings.